The minimum atomic E-state index is -0.553. The predicted molar refractivity (Wildman–Crippen MR) is 88.9 cm³/mol. The van der Waals surface area contributed by atoms with Crippen LogP contribution in [0.2, 0.25) is 0 Å². The zero-order chi connectivity index (χ0) is 17.3. The SMILES string of the molecule is CC(O)Cc1ccc(-c2ccc(C3=NOC(C)C3)cc2F)c(F)c1. The number of nitrogens with zero attached hydrogens (tertiary/aromatic N) is 1. The van der Waals surface area contributed by atoms with Gasteiger partial charge in [0.1, 0.15) is 17.7 Å². The molecule has 0 aliphatic carbocycles. The number of rotatable bonds is 4. The Kier molecular flexibility index (Phi) is 4.62. The Labute approximate surface area is 139 Å². The second kappa shape index (κ2) is 6.69. The Hall–Kier alpha value is -2.27. The lowest BCUT2D eigenvalue weighted by Crippen LogP contribution is -2.05. The summed E-state index contributed by atoms with van der Waals surface area (Å²) in [5, 5.41) is 13.3. The van der Waals surface area contributed by atoms with Crippen molar-refractivity contribution in [3.8, 4) is 11.1 Å². The molecule has 0 spiro atoms. The summed E-state index contributed by atoms with van der Waals surface area (Å²) in [4.78, 5) is 5.12. The Balaban J connectivity index is 1.90. The van der Waals surface area contributed by atoms with Gasteiger partial charge in [0.15, 0.2) is 0 Å². The molecular weight excluding hydrogens is 312 g/mol. The fraction of sp³-hybridized carbons (Fsp3) is 0.316. The summed E-state index contributed by atoms with van der Waals surface area (Å²) in [6, 6.07) is 9.23. The van der Waals surface area contributed by atoms with Gasteiger partial charge >= 0.3 is 0 Å². The Morgan fingerprint density at radius 1 is 1.17 bits per heavy atom. The molecule has 0 aromatic heterocycles. The van der Waals surface area contributed by atoms with Crippen LogP contribution in [0.15, 0.2) is 41.6 Å². The minimum absolute atomic E-state index is 0.0124. The summed E-state index contributed by atoms with van der Waals surface area (Å²) in [6.45, 7) is 3.53. The van der Waals surface area contributed by atoms with Crippen molar-refractivity contribution in [1.82, 2.24) is 0 Å². The normalized spacial score (nSPS) is 18.2. The van der Waals surface area contributed by atoms with E-state index in [0.29, 0.717) is 29.7 Å². The molecule has 0 saturated heterocycles. The third-order valence-electron chi connectivity index (χ3n) is 3.98. The first-order valence-corrected chi connectivity index (χ1v) is 7.93. The largest absolute Gasteiger partial charge is 0.393 e. The van der Waals surface area contributed by atoms with Crippen LogP contribution in [0.3, 0.4) is 0 Å². The van der Waals surface area contributed by atoms with Crippen LogP contribution in [0.1, 0.15) is 31.4 Å². The average molecular weight is 331 g/mol. The molecule has 1 N–H and O–H groups in total. The summed E-state index contributed by atoms with van der Waals surface area (Å²) in [6.07, 6.45) is 0.419. The van der Waals surface area contributed by atoms with E-state index in [0.717, 1.165) is 0 Å². The summed E-state index contributed by atoms with van der Waals surface area (Å²) < 4.78 is 28.8. The van der Waals surface area contributed by atoms with Crippen molar-refractivity contribution in [2.24, 2.45) is 5.16 Å². The molecule has 0 saturated carbocycles. The molecule has 0 radical (unpaired) electrons. The van der Waals surface area contributed by atoms with Crippen LogP contribution in [0.25, 0.3) is 11.1 Å². The number of aliphatic hydroxyl groups is 1. The third kappa shape index (κ3) is 3.46. The molecule has 3 nitrogen and oxygen atoms in total. The van der Waals surface area contributed by atoms with Gasteiger partial charge < -0.3 is 9.94 Å². The van der Waals surface area contributed by atoms with Gasteiger partial charge in [-0.15, -0.1) is 0 Å². The minimum Gasteiger partial charge on any atom is -0.393 e. The second-order valence-electron chi connectivity index (χ2n) is 6.22. The van der Waals surface area contributed by atoms with E-state index in [4.69, 9.17) is 4.84 Å². The highest BCUT2D eigenvalue weighted by Crippen LogP contribution is 2.28. The average Bonchev–Trinajstić information content (AvgIpc) is 2.94. The molecule has 2 aromatic rings. The lowest BCUT2D eigenvalue weighted by molar-refractivity contribution is 0.0995. The maximum atomic E-state index is 14.5. The van der Waals surface area contributed by atoms with Crippen molar-refractivity contribution in [3.63, 3.8) is 0 Å². The Bertz CT molecular complexity index is 787. The number of oxime groups is 1. The molecule has 0 fully saturated rings. The Morgan fingerprint density at radius 3 is 2.38 bits per heavy atom. The highest BCUT2D eigenvalue weighted by molar-refractivity contribution is 6.01. The number of benzene rings is 2. The summed E-state index contributed by atoms with van der Waals surface area (Å²) in [5.74, 6) is -1.01. The molecule has 1 aliphatic heterocycles. The molecule has 3 rings (SSSR count). The van der Waals surface area contributed by atoms with E-state index < -0.39 is 17.7 Å². The van der Waals surface area contributed by atoms with Gasteiger partial charge in [0.05, 0.1) is 11.8 Å². The first-order valence-electron chi connectivity index (χ1n) is 7.93. The fourth-order valence-corrected chi connectivity index (χ4v) is 2.83. The molecular formula is C19H19F2NO2. The lowest BCUT2D eigenvalue weighted by Gasteiger charge is -2.10. The van der Waals surface area contributed by atoms with Crippen molar-refractivity contribution >= 4 is 5.71 Å². The quantitative estimate of drug-likeness (QED) is 0.918. The molecule has 2 atom stereocenters. The van der Waals surface area contributed by atoms with E-state index in [9.17, 15) is 13.9 Å². The Morgan fingerprint density at radius 2 is 1.83 bits per heavy atom. The van der Waals surface area contributed by atoms with Gasteiger partial charge in [-0.25, -0.2) is 8.78 Å². The van der Waals surface area contributed by atoms with Gasteiger partial charge in [-0.3, -0.25) is 0 Å². The van der Waals surface area contributed by atoms with Gasteiger partial charge in [-0.1, -0.05) is 29.4 Å². The van der Waals surface area contributed by atoms with Crippen molar-refractivity contribution in [2.45, 2.75) is 38.9 Å². The number of hydrogen-bond donors (Lipinski definition) is 1. The van der Waals surface area contributed by atoms with Gasteiger partial charge in [-0.05, 0) is 38.0 Å². The highest BCUT2D eigenvalue weighted by atomic mass is 19.1. The van der Waals surface area contributed by atoms with Crippen LogP contribution in [0.4, 0.5) is 8.78 Å². The van der Waals surface area contributed by atoms with Crippen LogP contribution in [-0.2, 0) is 11.3 Å². The smallest absolute Gasteiger partial charge is 0.131 e. The summed E-state index contributed by atoms with van der Waals surface area (Å²) in [5.41, 5.74) is 2.42. The monoisotopic (exact) mass is 331 g/mol. The van der Waals surface area contributed by atoms with Gasteiger partial charge in [0.2, 0.25) is 0 Å². The maximum Gasteiger partial charge on any atom is 0.131 e. The van der Waals surface area contributed by atoms with E-state index in [2.05, 4.69) is 5.16 Å². The van der Waals surface area contributed by atoms with E-state index in [1.54, 1.807) is 31.2 Å². The fourth-order valence-electron chi connectivity index (χ4n) is 2.83. The second-order valence-corrected chi connectivity index (χ2v) is 6.22. The molecule has 24 heavy (non-hydrogen) atoms. The summed E-state index contributed by atoms with van der Waals surface area (Å²) >= 11 is 0. The third-order valence-corrected chi connectivity index (χ3v) is 3.98. The van der Waals surface area contributed by atoms with E-state index in [-0.39, 0.29) is 17.2 Å². The molecule has 1 heterocycles. The molecule has 0 amide bonds. The standard InChI is InChI=1S/C19H19F2NO2/c1-11(23)7-13-3-5-15(17(20)9-13)16-6-4-14(10-18(16)21)19-8-12(2)24-22-19/h3-6,9-12,23H,7-8H2,1-2H3. The van der Waals surface area contributed by atoms with Gasteiger partial charge in [0, 0.05) is 23.1 Å². The topological polar surface area (TPSA) is 41.8 Å². The first kappa shape index (κ1) is 16.6. The molecule has 2 unspecified atom stereocenters. The van der Waals surface area contributed by atoms with Gasteiger partial charge in [-0.2, -0.15) is 0 Å². The summed E-state index contributed by atoms with van der Waals surface area (Å²) in [7, 11) is 0. The van der Waals surface area contributed by atoms with Crippen LogP contribution in [0, 0.1) is 11.6 Å². The number of halogens is 2. The van der Waals surface area contributed by atoms with Crippen molar-refractivity contribution in [3.05, 3.63) is 59.2 Å². The van der Waals surface area contributed by atoms with Crippen LogP contribution in [0.5, 0.6) is 0 Å². The van der Waals surface area contributed by atoms with Gasteiger partial charge in [0.25, 0.3) is 0 Å². The maximum absolute atomic E-state index is 14.5. The zero-order valence-corrected chi connectivity index (χ0v) is 13.6. The lowest BCUT2D eigenvalue weighted by atomic mass is 9.97. The van der Waals surface area contributed by atoms with Crippen LogP contribution >= 0.6 is 0 Å². The molecule has 126 valence electrons. The predicted octanol–water partition coefficient (Wildman–Crippen LogP) is 4.07. The molecule has 5 heteroatoms. The van der Waals surface area contributed by atoms with Crippen LogP contribution < -0.4 is 0 Å². The van der Waals surface area contributed by atoms with Crippen molar-refractivity contribution < 1.29 is 18.7 Å². The van der Waals surface area contributed by atoms with Crippen molar-refractivity contribution in [1.29, 1.82) is 0 Å². The van der Waals surface area contributed by atoms with Crippen molar-refractivity contribution in [2.75, 3.05) is 0 Å². The highest BCUT2D eigenvalue weighted by Gasteiger charge is 2.19. The number of hydrogen-bond acceptors (Lipinski definition) is 3. The first-order chi connectivity index (χ1) is 11.4. The number of aliphatic hydroxyl groups excluding tert-OH is 1. The van der Waals surface area contributed by atoms with E-state index in [1.165, 1.54) is 12.1 Å². The zero-order valence-electron chi connectivity index (χ0n) is 13.6. The molecule has 2 aromatic carbocycles. The van der Waals surface area contributed by atoms with E-state index in [1.807, 2.05) is 6.92 Å². The molecule has 1 aliphatic rings. The molecule has 0 bridgehead atoms. The van der Waals surface area contributed by atoms with E-state index >= 15 is 0 Å². The van der Waals surface area contributed by atoms with Crippen LogP contribution in [-0.4, -0.2) is 23.0 Å².